The maximum absolute atomic E-state index is 13.7. The monoisotopic (exact) mass is 438 g/mol. The van der Waals surface area contributed by atoms with Gasteiger partial charge in [-0.1, -0.05) is 6.07 Å². The van der Waals surface area contributed by atoms with E-state index in [4.69, 9.17) is 4.74 Å². The van der Waals surface area contributed by atoms with Gasteiger partial charge in [0.1, 0.15) is 5.82 Å². The van der Waals surface area contributed by atoms with Gasteiger partial charge in [-0.15, -0.1) is 24.0 Å². The molecule has 0 radical (unpaired) electrons. The van der Waals surface area contributed by atoms with E-state index in [1.54, 1.807) is 13.1 Å². The standard InChI is InChI=1S/C16H27FN4O.HI/c1-5-22-9-8-19-16(18-2)20-11-13-6-7-15(17)14(10-13)12-21(3)4;/h6-7,10H,5,8-9,11-12H2,1-4H3,(H2,18,19,20);1H. The first-order valence-corrected chi connectivity index (χ1v) is 7.51. The van der Waals surface area contributed by atoms with Crippen LogP contribution in [0.2, 0.25) is 0 Å². The zero-order valence-corrected chi connectivity index (χ0v) is 16.7. The fraction of sp³-hybridized carbons (Fsp3) is 0.562. The molecule has 0 saturated heterocycles. The van der Waals surface area contributed by atoms with Crippen LogP contribution in [0.4, 0.5) is 4.39 Å². The molecule has 0 aromatic heterocycles. The molecular formula is C16H28FIN4O. The lowest BCUT2D eigenvalue weighted by molar-refractivity contribution is 0.152. The summed E-state index contributed by atoms with van der Waals surface area (Å²) in [6, 6.07) is 5.19. The second-order valence-electron chi connectivity index (χ2n) is 5.21. The number of aliphatic imine (C=N–C) groups is 1. The van der Waals surface area contributed by atoms with Gasteiger partial charge in [-0.05, 0) is 38.7 Å². The number of nitrogens with zero attached hydrogens (tertiary/aromatic N) is 2. The molecule has 1 aromatic carbocycles. The molecule has 0 fully saturated rings. The Morgan fingerprint density at radius 1 is 1.30 bits per heavy atom. The van der Waals surface area contributed by atoms with E-state index < -0.39 is 0 Å². The first kappa shape index (κ1) is 22.1. The first-order valence-electron chi connectivity index (χ1n) is 7.51. The van der Waals surface area contributed by atoms with Gasteiger partial charge < -0.3 is 20.3 Å². The molecule has 2 N–H and O–H groups in total. The average Bonchev–Trinajstić information content (AvgIpc) is 2.49. The first-order chi connectivity index (χ1) is 10.6. The van der Waals surface area contributed by atoms with Gasteiger partial charge in [0.2, 0.25) is 0 Å². The number of halogens is 2. The lowest BCUT2D eigenvalue weighted by Gasteiger charge is -2.14. The predicted octanol–water partition coefficient (Wildman–Crippen LogP) is 2.21. The SMILES string of the molecule is CCOCCNC(=NC)NCc1ccc(F)c(CN(C)C)c1.I. The van der Waals surface area contributed by atoms with E-state index in [9.17, 15) is 4.39 Å². The number of hydrogen-bond acceptors (Lipinski definition) is 3. The van der Waals surface area contributed by atoms with Crippen LogP contribution in [0.1, 0.15) is 18.1 Å². The largest absolute Gasteiger partial charge is 0.380 e. The van der Waals surface area contributed by atoms with Crippen molar-refractivity contribution < 1.29 is 9.13 Å². The van der Waals surface area contributed by atoms with Crippen molar-refractivity contribution in [3.63, 3.8) is 0 Å². The minimum Gasteiger partial charge on any atom is -0.380 e. The summed E-state index contributed by atoms with van der Waals surface area (Å²) in [6.45, 7) is 5.18. The van der Waals surface area contributed by atoms with Gasteiger partial charge in [0.05, 0.1) is 6.61 Å². The lowest BCUT2D eigenvalue weighted by Crippen LogP contribution is -2.38. The Morgan fingerprint density at radius 2 is 2.04 bits per heavy atom. The molecule has 5 nitrogen and oxygen atoms in total. The van der Waals surface area contributed by atoms with Gasteiger partial charge in [0, 0.05) is 38.9 Å². The third-order valence-corrected chi connectivity index (χ3v) is 3.02. The Morgan fingerprint density at radius 3 is 2.65 bits per heavy atom. The number of benzene rings is 1. The highest BCUT2D eigenvalue weighted by molar-refractivity contribution is 14.0. The van der Waals surface area contributed by atoms with Crippen molar-refractivity contribution in [3.05, 3.63) is 35.1 Å². The molecule has 0 amide bonds. The Kier molecular flexibility index (Phi) is 12.0. The molecule has 0 aliphatic rings. The summed E-state index contributed by atoms with van der Waals surface area (Å²) < 4.78 is 19.0. The lowest BCUT2D eigenvalue weighted by atomic mass is 10.1. The fourth-order valence-electron chi connectivity index (χ4n) is 1.99. The van der Waals surface area contributed by atoms with Crippen molar-refractivity contribution in [2.75, 3.05) is 40.9 Å². The summed E-state index contributed by atoms with van der Waals surface area (Å²) in [5, 5.41) is 6.37. The van der Waals surface area contributed by atoms with Crippen molar-refractivity contribution in [1.82, 2.24) is 15.5 Å². The molecule has 0 aliphatic carbocycles. The third kappa shape index (κ3) is 9.07. The molecule has 0 aliphatic heterocycles. The number of rotatable bonds is 8. The molecule has 0 atom stereocenters. The van der Waals surface area contributed by atoms with Crippen molar-refractivity contribution in [3.8, 4) is 0 Å². The summed E-state index contributed by atoms with van der Waals surface area (Å²) in [7, 11) is 5.57. The maximum atomic E-state index is 13.7. The van der Waals surface area contributed by atoms with E-state index in [1.807, 2.05) is 32.0 Å². The number of nitrogens with one attached hydrogen (secondary N) is 2. The highest BCUT2D eigenvalue weighted by Gasteiger charge is 2.05. The van der Waals surface area contributed by atoms with Crippen LogP contribution in [0.3, 0.4) is 0 Å². The second kappa shape index (κ2) is 12.5. The zero-order chi connectivity index (χ0) is 16.4. The van der Waals surface area contributed by atoms with Crippen molar-refractivity contribution in [1.29, 1.82) is 0 Å². The molecular weight excluding hydrogens is 410 g/mol. The van der Waals surface area contributed by atoms with Crippen LogP contribution in [0.25, 0.3) is 0 Å². The fourth-order valence-corrected chi connectivity index (χ4v) is 1.99. The van der Waals surface area contributed by atoms with Gasteiger partial charge in [-0.3, -0.25) is 4.99 Å². The van der Waals surface area contributed by atoms with E-state index in [2.05, 4.69) is 15.6 Å². The molecule has 23 heavy (non-hydrogen) atoms. The third-order valence-electron chi connectivity index (χ3n) is 3.02. The Hall–Kier alpha value is -0.930. The van der Waals surface area contributed by atoms with Gasteiger partial charge in [-0.25, -0.2) is 4.39 Å². The summed E-state index contributed by atoms with van der Waals surface area (Å²) in [6.07, 6.45) is 0. The van der Waals surface area contributed by atoms with Gasteiger partial charge in [-0.2, -0.15) is 0 Å². The number of hydrogen-bond donors (Lipinski definition) is 2. The Labute approximate surface area is 155 Å². The second-order valence-corrected chi connectivity index (χ2v) is 5.21. The van der Waals surface area contributed by atoms with Crippen molar-refractivity contribution in [2.24, 2.45) is 4.99 Å². The van der Waals surface area contributed by atoms with Crippen LogP contribution < -0.4 is 10.6 Å². The molecule has 0 spiro atoms. The molecule has 0 heterocycles. The van der Waals surface area contributed by atoms with Gasteiger partial charge in [0.15, 0.2) is 5.96 Å². The van der Waals surface area contributed by atoms with Crippen LogP contribution in [0.5, 0.6) is 0 Å². The minimum absolute atomic E-state index is 0. The van der Waals surface area contributed by atoms with Crippen molar-refractivity contribution in [2.45, 2.75) is 20.0 Å². The smallest absolute Gasteiger partial charge is 0.191 e. The van der Waals surface area contributed by atoms with E-state index >= 15 is 0 Å². The van der Waals surface area contributed by atoms with E-state index in [1.165, 1.54) is 6.07 Å². The zero-order valence-electron chi connectivity index (χ0n) is 14.4. The van der Waals surface area contributed by atoms with Crippen LogP contribution in [0.15, 0.2) is 23.2 Å². The molecule has 1 rings (SSSR count). The number of ether oxygens (including phenoxy) is 1. The van der Waals surface area contributed by atoms with E-state index in [0.29, 0.717) is 44.4 Å². The summed E-state index contributed by atoms with van der Waals surface area (Å²) in [5.41, 5.74) is 1.72. The Bertz CT molecular complexity index is 483. The summed E-state index contributed by atoms with van der Waals surface area (Å²) in [4.78, 5) is 6.09. The molecule has 0 unspecified atom stereocenters. The molecule has 7 heteroatoms. The molecule has 0 saturated carbocycles. The quantitative estimate of drug-likeness (QED) is 0.283. The highest BCUT2D eigenvalue weighted by atomic mass is 127. The summed E-state index contributed by atoms with van der Waals surface area (Å²) >= 11 is 0. The summed E-state index contributed by atoms with van der Waals surface area (Å²) in [5.74, 6) is 0.537. The van der Waals surface area contributed by atoms with E-state index in [0.717, 1.165) is 5.56 Å². The van der Waals surface area contributed by atoms with Gasteiger partial charge >= 0.3 is 0 Å². The Balaban J connectivity index is 0.00000484. The molecule has 1 aromatic rings. The predicted molar refractivity (Wildman–Crippen MR) is 104 cm³/mol. The van der Waals surface area contributed by atoms with Crippen LogP contribution in [0, 0.1) is 5.82 Å². The molecule has 132 valence electrons. The highest BCUT2D eigenvalue weighted by Crippen LogP contribution is 2.12. The topological polar surface area (TPSA) is 48.9 Å². The van der Waals surface area contributed by atoms with Crippen LogP contribution in [-0.2, 0) is 17.8 Å². The minimum atomic E-state index is -0.170. The van der Waals surface area contributed by atoms with E-state index in [-0.39, 0.29) is 29.8 Å². The van der Waals surface area contributed by atoms with Crippen molar-refractivity contribution >= 4 is 29.9 Å². The van der Waals surface area contributed by atoms with Crippen LogP contribution in [-0.4, -0.2) is 51.8 Å². The molecule has 0 bridgehead atoms. The van der Waals surface area contributed by atoms with Crippen LogP contribution >= 0.6 is 24.0 Å². The normalized spacial score (nSPS) is 11.3. The number of guanidine groups is 1. The maximum Gasteiger partial charge on any atom is 0.191 e. The average molecular weight is 438 g/mol. The van der Waals surface area contributed by atoms with Gasteiger partial charge in [0.25, 0.3) is 0 Å².